The third-order valence-electron chi connectivity index (χ3n) is 3.02. The summed E-state index contributed by atoms with van der Waals surface area (Å²) in [6.45, 7) is 0. The van der Waals surface area contributed by atoms with Gasteiger partial charge in [0.15, 0.2) is 5.82 Å². The monoisotopic (exact) mass is 328 g/mol. The number of benzene rings is 1. The zero-order valence-corrected chi connectivity index (χ0v) is 12.9. The van der Waals surface area contributed by atoms with Crippen LogP contribution in [0, 0.1) is 0 Å². The maximum atomic E-state index is 12.1. The normalized spacial score (nSPS) is 10.3. The van der Waals surface area contributed by atoms with Gasteiger partial charge in [-0.2, -0.15) is 9.36 Å². The minimum Gasteiger partial charge on any atom is -0.497 e. The quantitative estimate of drug-likeness (QED) is 0.765. The van der Waals surface area contributed by atoms with Crippen molar-refractivity contribution in [1.82, 2.24) is 14.3 Å². The summed E-state index contributed by atoms with van der Waals surface area (Å²) in [6.07, 6.45) is 1.35. The van der Waals surface area contributed by atoms with Crippen molar-refractivity contribution in [2.45, 2.75) is 0 Å². The minimum absolute atomic E-state index is 0.266. The lowest BCUT2D eigenvalue weighted by Gasteiger charge is -2.01. The number of aromatic nitrogens is 3. The number of nitrogens with zero attached hydrogens (tertiary/aromatic N) is 2. The molecule has 8 heteroatoms. The highest BCUT2D eigenvalue weighted by atomic mass is 32.1. The number of amides is 1. The molecule has 3 rings (SSSR count). The molecule has 2 N–H and O–H groups in total. The van der Waals surface area contributed by atoms with Crippen molar-refractivity contribution < 1.29 is 9.53 Å². The highest BCUT2D eigenvalue weighted by Crippen LogP contribution is 2.24. The average molecular weight is 328 g/mol. The van der Waals surface area contributed by atoms with Crippen molar-refractivity contribution in [3.63, 3.8) is 0 Å². The fourth-order valence-electron chi connectivity index (χ4n) is 1.87. The molecule has 0 atom stereocenters. The lowest BCUT2D eigenvalue weighted by molar-refractivity contribution is 0.102. The van der Waals surface area contributed by atoms with Crippen LogP contribution in [0.1, 0.15) is 10.4 Å². The maximum Gasteiger partial charge on any atom is 0.258 e. The van der Waals surface area contributed by atoms with E-state index in [1.165, 1.54) is 18.3 Å². The van der Waals surface area contributed by atoms with Gasteiger partial charge in [0, 0.05) is 29.4 Å². The first-order chi connectivity index (χ1) is 11.2. The fraction of sp³-hybridized carbons (Fsp3) is 0.0667. The maximum absolute atomic E-state index is 12.1. The van der Waals surface area contributed by atoms with E-state index < -0.39 is 0 Å². The summed E-state index contributed by atoms with van der Waals surface area (Å²) in [5.74, 6) is 0.844. The van der Waals surface area contributed by atoms with Crippen molar-refractivity contribution in [3.8, 4) is 17.1 Å². The van der Waals surface area contributed by atoms with Gasteiger partial charge in [0.25, 0.3) is 5.91 Å². The molecule has 7 nitrogen and oxygen atoms in total. The van der Waals surface area contributed by atoms with E-state index in [2.05, 4.69) is 19.7 Å². The molecular weight excluding hydrogens is 316 g/mol. The number of anilines is 1. The van der Waals surface area contributed by atoms with Gasteiger partial charge in [-0.3, -0.25) is 14.9 Å². The Balaban J connectivity index is 1.77. The Morgan fingerprint density at radius 2 is 2.17 bits per heavy atom. The van der Waals surface area contributed by atoms with Gasteiger partial charge in [-0.15, -0.1) is 0 Å². The van der Waals surface area contributed by atoms with E-state index in [-0.39, 0.29) is 11.5 Å². The Bertz CT molecular complexity index is 883. The second-order valence-corrected chi connectivity index (χ2v) is 5.30. The largest absolute Gasteiger partial charge is 0.497 e. The zero-order valence-electron chi connectivity index (χ0n) is 12.1. The fourth-order valence-corrected chi connectivity index (χ4v) is 2.46. The van der Waals surface area contributed by atoms with Gasteiger partial charge in [-0.25, -0.2) is 0 Å². The number of rotatable bonds is 4. The van der Waals surface area contributed by atoms with Crippen LogP contribution in [-0.4, -0.2) is 27.4 Å². The lowest BCUT2D eigenvalue weighted by Crippen LogP contribution is -2.14. The second kappa shape index (κ2) is 6.41. The smallest absolute Gasteiger partial charge is 0.258 e. The van der Waals surface area contributed by atoms with E-state index in [4.69, 9.17) is 4.74 Å². The van der Waals surface area contributed by atoms with Crippen molar-refractivity contribution in [2.75, 3.05) is 12.4 Å². The Labute approximate surface area is 135 Å². The van der Waals surface area contributed by atoms with E-state index in [9.17, 15) is 9.59 Å². The predicted octanol–water partition coefficient (Wildman–Crippen LogP) is 2.15. The number of H-pyrrole nitrogens is 1. The van der Waals surface area contributed by atoms with E-state index in [1.807, 2.05) is 24.3 Å². The number of methoxy groups -OCH3 is 1. The first-order valence-corrected chi connectivity index (χ1v) is 7.41. The summed E-state index contributed by atoms with van der Waals surface area (Å²) < 4.78 is 9.39. The van der Waals surface area contributed by atoms with Gasteiger partial charge >= 0.3 is 0 Å². The molecular formula is C15H12N4O3S. The molecule has 1 amide bonds. The topological polar surface area (TPSA) is 97.0 Å². The van der Waals surface area contributed by atoms with Gasteiger partial charge in [-0.1, -0.05) is 12.1 Å². The van der Waals surface area contributed by atoms with Crippen LogP contribution in [0.2, 0.25) is 0 Å². The second-order valence-electron chi connectivity index (χ2n) is 4.55. The Morgan fingerprint density at radius 3 is 2.91 bits per heavy atom. The van der Waals surface area contributed by atoms with Crippen LogP contribution in [0.5, 0.6) is 5.75 Å². The molecule has 2 heterocycles. The van der Waals surface area contributed by atoms with Gasteiger partial charge < -0.3 is 9.72 Å². The van der Waals surface area contributed by atoms with Crippen molar-refractivity contribution in [2.24, 2.45) is 0 Å². The summed E-state index contributed by atoms with van der Waals surface area (Å²) in [6, 6.07) is 10.1. The molecule has 0 saturated heterocycles. The van der Waals surface area contributed by atoms with Crippen LogP contribution in [0.15, 0.2) is 47.4 Å². The van der Waals surface area contributed by atoms with E-state index in [0.29, 0.717) is 22.3 Å². The number of pyridine rings is 1. The van der Waals surface area contributed by atoms with Crippen LogP contribution >= 0.6 is 11.5 Å². The zero-order chi connectivity index (χ0) is 16.2. The number of aromatic amines is 1. The van der Waals surface area contributed by atoms with Crippen LogP contribution in [-0.2, 0) is 0 Å². The van der Waals surface area contributed by atoms with Crippen LogP contribution < -0.4 is 15.6 Å². The van der Waals surface area contributed by atoms with Gasteiger partial charge in [0.1, 0.15) is 5.75 Å². The molecule has 1 aromatic carbocycles. The molecule has 2 aromatic heterocycles. The summed E-state index contributed by atoms with van der Waals surface area (Å²) in [4.78, 5) is 29.8. The molecule has 116 valence electrons. The highest BCUT2D eigenvalue weighted by molar-refractivity contribution is 7.10. The molecule has 0 saturated carbocycles. The van der Waals surface area contributed by atoms with Crippen LogP contribution in [0.25, 0.3) is 11.4 Å². The van der Waals surface area contributed by atoms with Gasteiger partial charge in [-0.05, 0) is 18.2 Å². The molecule has 0 unspecified atom stereocenters. The third kappa shape index (κ3) is 3.43. The molecule has 0 aliphatic carbocycles. The van der Waals surface area contributed by atoms with Crippen molar-refractivity contribution in [3.05, 3.63) is 58.5 Å². The first kappa shape index (κ1) is 14.9. The number of nitrogens with one attached hydrogen (secondary N) is 2. The van der Waals surface area contributed by atoms with Crippen LogP contribution in [0.3, 0.4) is 0 Å². The molecule has 0 aliphatic heterocycles. The Kier molecular flexibility index (Phi) is 4.15. The highest BCUT2D eigenvalue weighted by Gasteiger charge is 2.11. The molecule has 0 bridgehead atoms. The SMILES string of the molecule is COc1cccc(-c2nsc(NC(=O)c3ccc(=O)[nH]c3)n2)c1. The number of ether oxygens (including phenoxy) is 1. The van der Waals surface area contributed by atoms with E-state index in [0.717, 1.165) is 17.1 Å². The van der Waals surface area contributed by atoms with Crippen LogP contribution in [0.4, 0.5) is 5.13 Å². The molecule has 3 aromatic rings. The number of carbonyl (C=O) groups excluding carboxylic acids is 1. The van der Waals surface area contributed by atoms with E-state index in [1.54, 1.807) is 7.11 Å². The predicted molar refractivity (Wildman–Crippen MR) is 86.9 cm³/mol. The number of hydrogen-bond acceptors (Lipinski definition) is 6. The third-order valence-corrected chi connectivity index (χ3v) is 3.65. The summed E-state index contributed by atoms with van der Waals surface area (Å²) in [5.41, 5.74) is 0.866. The summed E-state index contributed by atoms with van der Waals surface area (Å²) in [7, 11) is 1.59. The molecule has 0 aliphatic rings. The Morgan fingerprint density at radius 1 is 1.30 bits per heavy atom. The Hall–Kier alpha value is -3.00. The van der Waals surface area contributed by atoms with Crippen molar-refractivity contribution in [1.29, 1.82) is 0 Å². The molecule has 23 heavy (non-hydrogen) atoms. The van der Waals surface area contributed by atoms with Crippen molar-refractivity contribution >= 4 is 22.6 Å². The standard InChI is InChI=1S/C15H12N4O3S/c1-22-11-4-2-3-9(7-11)13-17-15(23-19-13)18-14(21)10-5-6-12(20)16-8-10/h2-8H,1H3,(H,16,20)(H,17,18,19,21). The first-order valence-electron chi connectivity index (χ1n) is 6.64. The number of carbonyl (C=O) groups is 1. The van der Waals surface area contributed by atoms with Gasteiger partial charge in [0.05, 0.1) is 12.7 Å². The molecule has 0 fully saturated rings. The minimum atomic E-state index is -0.366. The average Bonchev–Trinajstić information content (AvgIpc) is 3.04. The summed E-state index contributed by atoms with van der Waals surface area (Å²) >= 11 is 1.08. The van der Waals surface area contributed by atoms with Gasteiger partial charge in [0.2, 0.25) is 10.7 Å². The van der Waals surface area contributed by atoms with E-state index >= 15 is 0 Å². The number of hydrogen-bond donors (Lipinski definition) is 2. The summed E-state index contributed by atoms with van der Waals surface area (Å²) in [5, 5.41) is 3.02. The molecule has 0 radical (unpaired) electrons. The lowest BCUT2D eigenvalue weighted by atomic mass is 10.2. The molecule has 0 spiro atoms.